The number of hydrogen-bond acceptors (Lipinski definition) is 1. The monoisotopic (exact) mass is 332 g/mol. The number of hydrogen-bond donors (Lipinski definition) is 0. The number of aryl methyl sites for hydroxylation is 2. The summed E-state index contributed by atoms with van der Waals surface area (Å²) in [6.45, 7) is -1.65. The molecular formula is C24H23N. The number of nitrogens with zero attached hydrogens (tertiary/aromatic N) is 1. The Hall–Kier alpha value is -2.67. The Morgan fingerprint density at radius 1 is 0.840 bits per heavy atom. The van der Waals surface area contributed by atoms with E-state index in [4.69, 9.17) is 9.60 Å². The van der Waals surface area contributed by atoms with E-state index in [1.807, 2.05) is 30.3 Å². The molecule has 4 aromatic rings. The fourth-order valence-corrected chi connectivity index (χ4v) is 3.25. The van der Waals surface area contributed by atoms with Crippen molar-refractivity contribution in [3.63, 3.8) is 0 Å². The average molecular weight is 332 g/mol. The van der Waals surface area contributed by atoms with E-state index in [1.54, 1.807) is 44.3 Å². The van der Waals surface area contributed by atoms with Crippen LogP contribution < -0.4 is 0 Å². The topological polar surface area (TPSA) is 12.9 Å². The third-order valence-electron chi connectivity index (χ3n) is 4.66. The van der Waals surface area contributed by atoms with Gasteiger partial charge < -0.3 is 0 Å². The minimum absolute atomic E-state index is 0.133. The van der Waals surface area contributed by atoms with Crippen LogP contribution in [-0.4, -0.2) is 4.98 Å². The Bertz CT molecular complexity index is 1330. The van der Waals surface area contributed by atoms with Crippen molar-refractivity contribution in [1.82, 2.24) is 4.98 Å². The minimum Gasteiger partial charge on any atom is -0.256 e. The first-order chi connectivity index (χ1) is 14.8. The van der Waals surface area contributed by atoms with Crippen LogP contribution in [0.2, 0.25) is 0 Å². The van der Waals surface area contributed by atoms with Crippen LogP contribution >= 0.6 is 0 Å². The van der Waals surface area contributed by atoms with Gasteiger partial charge in [0.1, 0.15) is 0 Å². The van der Waals surface area contributed by atoms with Crippen LogP contribution in [0.25, 0.3) is 32.8 Å². The van der Waals surface area contributed by atoms with Gasteiger partial charge in [0, 0.05) is 21.4 Å². The van der Waals surface area contributed by atoms with E-state index >= 15 is 0 Å². The third-order valence-corrected chi connectivity index (χ3v) is 4.66. The average Bonchev–Trinajstić information content (AvgIpc) is 2.70. The van der Waals surface area contributed by atoms with Crippen LogP contribution in [0.1, 0.15) is 46.0 Å². The molecule has 0 aliphatic carbocycles. The van der Waals surface area contributed by atoms with Gasteiger partial charge in [-0.2, -0.15) is 0 Å². The Kier molecular flexibility index (Phi) is 2.33. The maximum absolute atomic E-state index is 8.30. The lowest BCUT2D eigenvalue weighted by Crippen LogP contribution is -1.92. The Morgan fingerprint density at radius 2 is 1.56 bits per heavy atom. The van der Waals surface area contributed by atoms with Crippen molar-refractivity contribution in [1.29, 1.82) is 0 Å². The summed E-state index contributed by atoms with van der Waals surface area (Å²) in [5.41, 5.74) is 1.77. The highest BCUT2D eigenvalue weighted by atomic mass is 14.7. The van der Waals surface area contributed by atoms with Crippen molar-refractivity contribution < 1.29 is 9.60 Å². The molecule has 1 heterocycles. The van der Waals surface area contributed by atoms with Gasteiger partial charge in [-0.1, -0.05) is 50.2 Å². The molecule has 0 aliphatic heterocycles. The zero-order valence-electron chi connectivity index (χ0n) is 21.2. The molecule has 0 N–H and O–H groups in total. The standard InChI is InChI=1S/C24H23N/c1-15(2)18-11-12-25-24(14-18)19-9-10-22-21-8-6-5-7-20(21)16(3)17(4)23(22)13-19/h5-15H,1-4H3/i3D3,4D3,15D. The predicted molar refractivity (Wildman–Crippen MR) is 108 cm³/mol. The summed E-state index contributed by atoms with van der Waals surface area (Å²) in [5, 5.41) is 2.18. The van der Waals surface area contributed by atoms with Gasteiger partial charge in [-0.05, 0) is 76.0 Å². The van der Waals surface area contributed by atoms with Gasteiger partial charge in [0.25, 0.3) is 0 Å². The van der Waals surface area contributed by atoms with Crippen LogP contribution in [0.5, 0.6) is 0 Å². The van der Waals surface area contributed by atoms with Gasteiger partial charge in [-0.3, -0.25) is 4.98 Å². The highest BCUT2D eigenvalue weighted by Crippen LogP contribution is 2.34. The molecule has 0 unspecified atom stereocenters. The van der Waals surface area contributed by atoms with E-state index in [2.05, 4.69) is 4.98 Å². The first-order valence-electron chi connectivity index (χ1n) is 11.7. The maximum atomic E-state index is 8.30. The Labute approximate surface area is 159 Å². The highest BCUT2D eigenvalue weighted by molar-refractivity contribution is 6.11. The normalized spacial score (nSPS) is 17.1. The summed E-state index contributed by atoms with van der Waals surface area (Å²) < 4.78 is 57.2. The lowest BCUT2D eigenvalue weighted by Gasteiger charge is -2.14. The number of fused-ring (bicyclic) bond motifs is 3. The van der Waals surface area contributed by atoms with E-state index < -0.39 is 19.6 Å². The summed E-state index contributed by atoms with van der Waals surface area (Å²) in [6.07, 6.45) is 1.63. The first kappa shape index (κ1) is 9.72. The molecule has 124 valence electrons. The van der Waals surface area contributed by atoms with Gasteiger partial charge in [-0.15, -0.1) is 0 Å². The van der Waals surface area contributed by atoms with E-state index in [0.29, 0.717) is 32.8 Å². The molecule has 3 aromatic carbocycles. The molecule has 0 aliphatic rings. The van der Waals surface area contributed by atoms with Gasteiger partial charge in [0.2, 0.25) is 0 Å². The molecule has 0 saturated carbocycles. The maximum Gasteiger partial charge on any atom is 0.0705 e. The van der Waals surface area contributed by atoms with Crippen molar-refractivity contribution in [2.45, 2.75) is 33.4 Å². The molecule has 0 radical (unpaired) electrons. The molecule has 1 nitrogen and oxygen atoms in total. The van der Waals surface area contributed by atoms with Crippen LogP contribution in [0, 0.1) is 13.7 Å². The van der Waals surface area contributed by atoms with Gasteiger partial charge in [0.05, 0.1) is 5.69 Å². The molecule has 0 spiro atoms. The third kappa shape index (κ3) is 2.60. The van der Waals surface area contributed by atoms with Crippen molar-refractivity contribution >= 4 is 21.5 Å². The fraction of sp³-hybridized carbons (Fsp3) is 0.208. The smallest absolute Gasteiger partial charge is 0.0705 e. The van der Waals surface area contributed by atoms with Crippen molar-refractivity contribution in [2.75, 3.05) is 0 Å². The number of benzene rings is 3. The number of aromatic nitrogens is 1. The summed E-state index contributed by atoms with van der Waals surface area (Å²) in [7, 11) is 0. The molecule has 0 saturated heterocycles. The molecule has 0 atom stereocenters. The van der Waals surface area contributed by atoms with Gasteiger partial charge in [0.15, 0.2) is 0 Å². The van der Waals surface area contributed by atoms with Crippen LogP contribution in [0.4, 0.5) is 0 Å². The quantitative estimate of drug-likeness (QED) is 0.368. The van der Waals surface area contributed by atoms with E-state index in [-0.39, 0.29) is 11.1 Å². The van der Waals surface area contributed by atoms with Crippen LogP contribution in [-0.2, 0) is 0 Å². The lowest BCUT2D eigenvalue weighted by atomic mass is 9.91. The second kappa shape index (κ2) is 6.00. The first-order valence-corrected chi connectivity index (χ1v) is 8.25. The molecule has 4 rings (SSSR count). The van der Waals surface area contributed by atoms with Gasteiger partial charge in [-0.25, -0.2) is 0 Å². The van der Waals surface area contributed by atoms with E-state index in [1.165, 1.54) is 0 Å². The van der Waals surface area contributed by atoms with E-state index in [0.717, 1.165) is 5.56 Å². The second-order valence-corrected chi connectivity index (χ2v) is 6.49. The molecule has 1 aromatic heterocycles. The molecule has 0 amide bonds. The number of rotatable bonds is 2. The van der Waals surface area contributed by atoms with Gasteiger partial charge >= 0.3 is 0 Å². The molecular weight excluding hydrogens is 302 g/mol. The summed E-state index contributed by atoms with van der Waals surface area (Å²) in [4.78, 5) is 4.42. The number of pyridine rings is 1. The van der Waals surface area contributed by atoms with E-state index in [9.17, 15) is 0 Å². The van der Waals surface area contributed by atoms with Crippen molar-refractivity contribution in [3.05, 3.63) is 77.5 Å². The molecule has 25 heavy (non-hydrogen) atoms. The zero-order chi connectivity index (χ0) is 23.5. The fourth-order valence-electron chi connectivity index (χ4n) is 3.25. The second-order valence-electron chi connectivity index (χ2n) is 6.49. The Balaban J connectivity index is 2.13. The van der Waals surface area contributed by atoms with Crippen molar-refractivity contribution in [3.8, 4) is 11.3 Å². The lowest BCUT2D eigenvalue weighted by molar-refractivity contribution is 0.864. The largest absolute Gasteiger partial charge is 0.256 e. The van der Waals surface area contributed by atoms with Crippen LogP contribution in [0.15, 0.2) is 60.8 Å². The minimum atomic E-state index is -2.62. The summed E-state index contributed by atoms with van der Waals surface area (Å²) in [6, 6.07) is 16.0. The molecule has 0 bridgehead atoms. The van der Waals surface area contributed by atoms with Crippen LogP contribution in [0.3, 0.4) is 0 Å². The predicted octanol–water partition coefficient (Wildman–Crippen LogP) is 6.80. The van der Waals surface area contributed by atoms with Crippen molar-refractivity contribution in [2.24, 2.45) is 0 Å². The highest BCUT2D eigenvalue weighted by Gasteiger charge is 2.10. The summed E-state index contributed by atoms with van der Waals surface area (Å²) in [5.74, 6) is -0.816. The zero-order valence-corrected chi connectivity index (χ0v) is 14.2. The molecule has 0 fully saturated rings. The molecule has 1 heteroatoms. The SMILES string of the molecule is [2H]C([2H])([2H])c1c(C([2H])([2H])[2H])c2cc(-c3cc(C([2H])(C)C)ccn3)ccc2c2ccccc12. The Morgan fingerprint density at radius 3 is 2.32 bits per heavy atom. The summed E-state index contributed by atoms with van der Waals surface area (Å²) >= 11 is 0.